The van der Waals surface area contributed by atoms with Crippen LogP contribution in [0.15, 0.2) is 108 Å². The van der Waals surface area contributed by atoms with Crippen molar-refractivity contribution in [1.29, 1.82) is 0 Å². The Morgan fingerprint density at radius 3 is 2.35 bits per heavy atom. The largest absolute Gasteiger partial charge is 0.395 e. The molecule has 6 atom stereocenters. The Labute approximate surface area is 300 Å². The molecular formula is C40H47N3O7S. The minimum atomic E-state index is -4.01. The van der Waals surface area contributed by atoms with Gasteiger partial charge in [-0.25, -0.2) is 8.42 Å². The zero-order valence-corrected chi connectivity index (χ0v) is 29.8. The summed E-state index contributed by atoms with van der Waals surface area (Å²) in [6, 6.07) is 29.7. The van der Waals surface area contributed by atoms with Crippen LogP contribution in [-0.2, 0) is 37.3 Å². The number of carbonyl (C=O) groups excluding carboxylic acids is 1. The fourth-order valence-electron chi connectivity index (χ4n) is 6.90. The van der Waals surface area contributed by atoms with E-state index in [-0.39, 0.29) is 48.7 Å². The van der Waals surface area contributed by atoms with Gasteiger partial charge in [0.15, 0.2) is 6.29 Å². The monoisotopic (exact) mass is 713 g/mol. The van der Waals surface area contributed by atoms with E-state index in [2.05, 4.69) is 21.9 Å². The molecule has 1 amide bonds. The molecule has 4 aromatic carbocycles. The maximum Gasteiger partial charge on any atom is 0.242 e. The molecule has 0 radical (unpaired) electrons. The topological polar surface area (TPSA) is 137 Å². The van der Waals surface area contributed by atoms with Crippen LogP contribution in [-0.4, -0.2) is 67.3 Å². The van der Waals surface area contributed by atoms with Crippen molar-refractivity contribution in [3.63, 3.8) is 0 Å². The Bertz CT molecular complexity index is 1860. The van der Waals surface area contributed by atoms with Crippen molar-refractivity contribution in [1.82, 2.24) is 9.62 Å². The zero-order chi connectivity index (χ0) is 36.0. The molecule has 270 valence electrons. The van der Waals surface area contributed by atoms with Crippen LogP contribution in [0, 0.1) is 12.8 Å². The quantitative estimate of drug-likeness (QED) is 0.147. The molecule has 0 spiro atoms. The number of ether oxygens (including phenoxy) is 2. The van der Waals surface area contributed by atoms with Crippen LogP contribution in [0.5, 0.6) is 0 Å². The smallest absolute Gasteiger partial charge is 0.242 e. The molecule has 2 fully saturated rings. The van der Waals surface area contributed by atoms with Crippen LogP contribution >= 0.6 is 0 Å². The van der Waals surface area contributed by atoms with E-state index in [1.165, 1.54) is 12.1 Å². The lowest BCUT2D eigenvalue weighted by molar-refractivity contribution is -0.276. The fraction of sp³-hybridized carbons (Fsp3) is 0.375. The molecule has 0 saturated carbocycles. The van der Waals surface area contributed by atoms with Crippen molar-refractivity contribution in [2.45, 2.75) is 75.2 Å². The van der Waals surface area contributed by atoms with Crippen molar-refractivity contribution in [3.8, 4) is 0 Å². The lowest BCUT2D eigenvalue weighted by atomic mass is 9.90. The first-order valence-corrected chi connectivity index (χ1v) is 19.0. The summed E-state index contributed by atoms with van der Waals surface area (Å²) in [5.74, 6) is -0.529. The van der Waals surface area contributed by atoms with Gasteiger partial charge in [-0.05, 0) is 73.7 Å². The SMILES string of the molecule is Cc1ccc(S(=O)(=O)NC(Cc2ccccc2)C(=O)Nc2cccc(C3OC(CN4CCCC4CO)C(C)C(c4ccc(CO)cc4)O3)c2)cc1. The van der Waals surface area contributed by atoms with Gasteiger partial charge in [0.2, 0.25) is 15.9 Å². The predicted octanol–water partition coefficient (Wildman–Crippen LogP) is 5.26. The van der Waals surface area contributed by atoms with Gasteiger partial charge in [0.1, 0.15) is 6.04 Å². The second-order valence-corrected chi connectivity index (χ2v) is 15.3. The number of sulfonamides is 1. The van der Waals surface area contributed by atoms with Crippen LogP contribution in [0.1, 0.15) is 60.0 Å². The highest BCUT2D eigenvalue weighted by molar-refractivity contribution is 7.89. The van der Waals surface area contributed by atoms with E-state index in [4.69, 9.17) is 9.47 Å². The van der Waals surface area contributed by atoms with Crippen molar-refractivity contribution in [2.75, 3.05) is 25.0 Å². The first kappa shape index (κ1) is 36.8. The summed E-state index contributed by atoms with van der Waals surface area (Å²) in [5.41, 5.74) is 4.67. The third-order valence-electron chi connectivity index (χ3n) is 9.90. The van der Waals surface area contributed by atoms with Gasteiger partial charge < -0.3 is 25.0 Å². The molecule has 0 aromatic heterocycles. The molecule has 2 saturated heterocycles. The number of hydrogen-bond donors (Lipinski definition) is 4. The molecular weight excluding hydrogens is 667 g/mol. The number of rotatable bonds is 13. The lowest BCUT2D eigenvalue weighted by Gasteiger charge is -2.43. The van der Waals surface area contributed by atoms with Crippen molar-refractivity contribution >= 4 is 21.6 Å². The Morgan fingerprint density at radius 2 is 1.65 bits per heavy atom. The van der Waals surface area contributed by atoms with Gasteiger partial charge >= 0.3 is 0 Å². The summed E-state index contributed by atoms with van der Waals surface area (Å²) in [4.78, 5) is 16.2. The van der Waals surface area contributed by atoms with Crippen LogP contribution in [0.2, 0.25) is 0 Å². The summed E-state index contributed by atoms with van der Waals surface area (Å²) in [6.45, 7) is 5.56. The maximum absolute atomic E-state index is 13.9. The molecule has 51 heavy (non-hydrogen) atoms. The molecule has 6 rings (SSSR count). The number of amides is 1. The second-order valence-electron chi connectivity index (χ2n) is 13.6. The third kappa shape index (κ3) is 9.11. The minimum absolute atomic E-state index is 0.0237. The third-order valence-corrected chi connectivity index (χ3v) is 11.4. The van der Waals surface area contributed by atoms with Crippen LogP contribution < -0.4 is 10.0 Å². The second kappa shape index (κ2) is 16.6. The van der Waals surface area contributed by atoms with Crippen molar-refractivity contribution in [2.24, 2.45) is 5.92 Å². The van der Waals surface area contributed by atoms with Gasteiger partial charge in [-0.2, -0.15) is 4.72 Å². The van der Waals surface area contributed by atoms with Gasteiger partial charge in [-0.3, -0.25) is 9.69 Å². The lowest BCUT2D eigenvalue weighted by Crippen LogP contribution is -2.46. The molecule has 2 aliphatic rings. The van der Waals surface area contributed by atoms with Crippen LogP contribution in [0.25, 0.3) is 0 Å². The summed E-state index contributed by atoms with van der Waals surface area (Å²) in [7, 11) is -4.01. The number of carbonyl (C=O) groups is 1. The van der Waals surface area contributed by atoms with E-state index < -0.39 is 28.3 Å². The minimum Gasteiger partial charge on any atom is -0.395 e. The zero-order valence-electron chi connectivity index (χ0n) is 29.0. The molecule has 10 nitrogen and oxygen atoms in total. The van der Waals surface area contributed by atoms with Crippen molar-refractivity contribution in [3.05, 3.63) is 131 Å². The highest BCUT2D eigenvalue weighted by Gasteiger charge is 2.40. The van der Waals surface area contributed by atoms with Gasteiger partial charge in [0.05, 0.1) is 30.3 Å². The van der Waals surface area contributed by atoms with Gasteiger partial charge in [-0.1, -0.05) is 91.3 Å². The number of benzene rings is 4. The number of anilines is 1. The first-order valence-electron chi connectivity index (χ1n) is 17.5. The summed E-state index contributed by atoms with van der Waals surface area (Å²) < 4.78 is 42.8. The molecule has 2 heterocycles. The summed E-state index contributed by atoms with van der Waals surface area (Å²) >= 11 is 0. The number of nitrogens with one attached hydrogen (secondary N) is 2. The number of aliphatic hydroxyl groups is 2. The number of hydrogen-bond acceptors (Lipinski definition) is 8. The normalized spacial score (nSPS) is 23.2. The molecule has 2 aliphatic heterocycles. The highest BCUT2D eigenvalue weighted by Crippen LogP contribution is 2.42. The molecule has 0 aliphatic carbocycles. The van der Waals surface area contributed by atoms with Crippen LogP contribution in [0.4, 0.5) is 5.69 Å². The Morgan fingerprint density at radius 1 is 0.902 bits per heavy atom. The number of aliphatic hydroxyl groups excluding tert-OH is 2. The number of nitrogens with zero attached hydrogens (tertiary/aromatic N) is 1. The van der Waals surface area contributed by atoms with Crippen molar-refractivity contribution < 1.29 is 32.9 Å². The van der Waals surface area contributed by atoms with Gasteiger partial charge in [0.25, 0.3) is 0 Å². The predicted molar refractivity (Wildman–Crippen MR) is 195 cm³/mol. The maximum atomic E-state index is 13.9. The van der Waals surface area contributed by atoms with Gasteiger partial charge in [0, 0.05) is 29.8 Å². The average molecular weight is 714 g/mol. The Hall–Kier alpha value is -3.94. The van der Waals surface area contributed by atoms with E-state index in [1.807, 2.05) is 67.6 Å². The molecule has 0 bridgehead atoms. The fourth-order valence-corrected chi connectivity index (χ4v) is 8.10. The standard InChI is InChI=1S/C40H47N3O7S/c1-27-13-19-35(20-14-27)51(47,48)42-36(22-29-8-4-3-5-9-29)39(46)41-33-11-6-10-32(23-33)40-49-37(24-43-21-7-12-34(43)26-45)28(2)38(50-40)31-17-15-30(25-44)16-18-31/h3-6,8-11,13-20,23,28,34,36-38,40,42,44-45H,7,12,21-22,24-26H2,1-2H3,(H,41,46). The molecule has 11 heteroatoms. The summed E-state index contributed by atoms with van der Waals surface area (Å²) in [6.07, 6.45) is 0.809. The van der Waals surface area contributed by atoms with E-state index in [1.54, 1.807) is 30.3 Å². The Balaban J connectivity index is 1.24. The van der Waals surface area contributed by atoms with Gasteiger partial charge in [-0.15, -0.1) is 0 Å². The number of aryl methyl sites for hydroxylation is 1. The average Bonchev–Trinajstić information content (AvgIpc) is 3.60. The van der Waals surface area contributed by atoms with E-state index >= 15 is 0 Å². The molecule has 4 aromatic rings. The first-order chi connectivity index (χ1) is 24.6. The summed E-state index contributed by atoms with van der Waals surface area (Å²) in [5, 5.41) is 22.5. The highest BCUT2D eigenvalue weighted by atomic mass is 32.2. The van der Waals surface area contributed by atoms with Crippen LogP contribution in [0.3, 0.4) is 0 Å². The molecule has 4 N–H and O–H groups in total. The molecule has 6 unspecified atom stereocenters. The Kier molecular flexibility index (Phi) is 12.0. The van der Waals surface area contributed by atoms with E-state index in [9.17, 15) is 23.4 Å². The van der Waals surface area contributed by atoms with E-state index in [0.29, 0.717) is 17.8 Å². The number of likely N-dealkylation sites (tertiary alicyclic amines) is 1. The van der Waals surface area contributed by atoms with E-state index in [0.717, 1.165) is 41.6 Å².